The van der Waals surface area contributed by atoms with Crippen molar-refractivity contribution in [1.82, 2.24) is 0 Å². The number of aryl methyl sites for hydroxylation is 1. The number of unbranched alkanes of at least 4 members (excludes halogenated alkanes) is 2. The molecule has 1 aliphatic carbocycles. The van der Waals surface area contributed by atoms with Crippen LogP contribution in [0.15, 0.2) is 78.9 Å². The summed E-state index contributed by atoms with van der Waals surface area (Å²) < 4.78 is 15.0. The van der Waals surface area contributed by atoms with Crippen molar-refractivity contribution in [3.63, 3.8) is 0 Å². The van der Waals surface area contributed by atoms with Gasteiger partial charge in [-0.3, -0.25) is 0 Å². The average Bonchev–Trinajstić information content (AvgIpc) is 2.86. The van der Waals surface area contributed by atoms with E-state index in [2.05, 4.69) is 74.5 Å². The van der Waals surface area contributed by atoms with E-state index < -0.39 is 0 Å². The summed E-state index contributed by atoms with van der Waals surface area (Å²) in [6.45, 7) is 4.34. The Morgan fingerprint density at radius 2 is 1.45 bits per heavy atom. The minimum Gasteiger partial charge on any atom is -0.206 e. The maximum Gasteiger partial charge on any atom is 0.131 e. The summed E-state index contributed by atoms with van der Waals surface area (Å²) in [5.74, 6) is 1.26. The lowest BCUT2D eigenvalue weighted by Crippen LogP contribution is -2.11. The van der Waals surface area contributed by atoms with Crippen LogP contribution in [-0.4, -0.2) is 0 Å². The van der Waals surface area contributed by atoms with Gasteiger partial charge < -0.3 is 0 Å². The quantitative estimate of drug-likeness (QED) is 0.241. The highest BCUT2D eigenvalue weighted by Crippen LogP contribution is 2.37. The van der Waals surface area contributed by atoms with Crippen LogP contribution in [0.3, 0.4) is 0 Å². The molecule has 0 heterocycles. The number of allylic oxidation sites excluding steroid dienone is 2. The molecule has 1 aliphatic rings. The molecule has 1 fully saturated rings. The zero-order valence-corrected chi connectivity index (χ0v) is 20.2. The van der Waals surface area contributed by atoms with E-state index in [1.807, 2.05) is 12.1 Å². The Bertz CT molecular complexity index is 1030. The Labute approximate surface area is 199 Å². The predicted molar refractivity (Wildman–Crippen MR) is 140 cm³/mol. The molecule has 0 atom stereocenters. The molecule has 0 spiro atoms. The van der Waals surface area contributed by atoms with Crippen molar-refractivity contribution in [2.24, 2.45) is 5.92 Å². The first-order valence-electron chi connectivity index (χ1n) is 12.8. The van der Waals surface area contributed by atoms with Crippen molar-refractivity contribution in [2.75, 3.05) is 0 Å². The third-order valence-electron chi connectivity index (χ3n) is 7.25. The zero-order valence-electron chi connectivity index (χ0n) is 20.2. The molecular formula is C32H37F. The number of rotatable bonds is 8. The molecule has 0 N–H and O–H groups in total. The van der Waals surface area contributed by atoms with Gasteiger partial charge in [0.05, 0.1) is 0 Å². The lowest BCUT2D eigenvalue weighted by atomic mass is 9.78. The van der Waals surface area contributed by atoms with Gasteiger partial charge in [-0.15, -0.1) is 0 Å². The first kappa shape index (κ1) is 23.5. The monoisotopic (exact) mass is 440 g/mol. The van der Waals surface area contributed by atoms with Crippen LogP contribution < -0.4 is 0 Å². The summed E-state index contributed by atoms with van der Waals surface area (Å²) >= 11 is 0. The largest absolute Gasteiger partial charge is 0.206 e. The molecule has 0 aliphatic heterocycles. The summed E-state index contributed by atoms with van der Waals surface area (Å²) in [4.78, 5) is 0. The predicted octanol–water partition coefficient (Wildman–Crippen LogP) is 9.74. The van der Waals surface area contributed by atoms with Crippen molar-refractivity contribution < 1.29 is 4.39 Å². The molecule has 0 nitrogen and oxygen atoms in total. The van der Waals surface area contributed by atoms with Crippen LogP contribution >= 0.6 is 0 Å². The van der Waals surface area contributed by atoms with E-state index in [1.165, 1.54) is 56.1 Å². The van der Waals surface area contributed by atoms with Crippen LogP contribution in [0.5, 0.6) is 0 Å². The average molecular weight is 441 g/mol. The fourth-order valence-electron chi connectivity index (χ4n) is 5.22. The van der Waals surface area contributed by atoms with Crippen LogP contribution in [0.1, 0.15) is 75.8 Å². The van der Waals surface area contributed by atoms with Crippen molar-refractivity contribution in [3.8, 4) is 22.3 Å². The Hall–Kier alpha value is -2.67. The van der Waals surface area contributed by atoms with Crippen LogP contribution in [0.4, 0.5) is 4.39 Å². The molecular weight excluding hydrogens is 403 g/mol. The molecule has 1 heteroatoms. The smallest absolute Gasteiger partial charge is 0.131 e. The molecule has 172 valence electrons. The molecule has 0 saturated heterocycles. The van der Waals surface area contributed by atoms with Crippen molar-refractivity contribution in [1.29, 1.82) is 0 Å². The second-order valence-electron chi connectivity index (χ2n) is 9.61. The molecule has 3 aromatic carbocycles. The van der Waals surface area contributed by atoms with Crippen molar-refractivity contribution in [3.05, 3.63) is 95.8 Å². The maximum absolute atomic E-state index is 15.0. The molecule has 0 bridgehead atoms. The Balaban J connectivity index is 1.42. The van der Waals surface area contributed by atoms with Gasteiger partial charge in [0.15, 0.2) is 0 Å². The van der Waals surface area contributed by atoms with Gasteiger partial charge in [0.25, 0.3) is 0 Å². The summed E-state index contributed by atoms with van der Waals surface area (Å²) in [6.07, 6.45) is 14.4. The molecule has 0 unspecified atom stereocenters. The first-order valence-corrected chi connectivity index (χ1v) is 12.8. The van der Waals surface area contributed by atoms with Gasteiger partial charge in [-0.1, -0.05) is 92.6 Å². The summed E-state index contributed by atoms with van der Waals surface area (Å²) in [5.41, 5.74) is 6.40. The molecule has 1 saturated carbocycles. The van der Waals surface area contributed by atoms with Crippen LogP contribution in [0.2, 0.25) is 0 Å². The highest BCUT2D eigenvalue weighted by Gasteiger charge is 2.20. The van der Waals surface area contributed by atoms with Gasteiger partial charge in [0.2, 0.25) is 0 Å². The summed E-state index contributed by atoms with van der Waals surface area (Å²) in [6, 6.07) is 22.9. The standard InChI is InChI=1S/C32H37F/c1-3-5-6-8-25-11-15-29(16-12-25)31-22-21-30(23-32(31)33)28-19-17-27(18-20-28)26-13-9-24(7-4-2)10-14-26/h4,7,11-12,15-24,26H,3,5-6,8-10,13-14H2,1-2H3/b7-4+. The maximum atomic E-state index is 15.0. The fraction of sp³-hybridized carbons (Fsp3) is 0.375. The molecule has 4 rings (SSSR count). The molecule has 0 amide bonds. The highest BCUT2D eigenvalue weighted by molar-refractivity contribution is 5.71. The van der Waals surface area contributed by atoms with E-state index in [0.29, 0.717) is 11.5 Å². The topological polar surface area (TPSA) is 0 Å². The van der Waals surface area contributed by atoms with Crippen molar-refractivity contribution >= 4 is 0 Å². The van der Waals surface area contributed by atoms with Crippen LogP contribution in [0, 0.1) is 11.7 Å². The normalized spacial score (nSPS) is 18.6. The molecule has 3 aromatic rings. The van der Waals surface area contributed by atoms with Gasteiger partial charge in [-0.25, -0.2) is 4.39 Å². The Morgan fingerprint density at radius 3 is 2.09 bits per heavy atom. The van der Waals surface area contributed by atoms with E-state index in [4.69, 9.17) is 0 Å². The second-order valence-corrected chi connectivity index (χ2v) is 9.61. The van der Waals surface area contributed by atoms with Gasteiger partial charge in [-0.2, -0.15) is 0 Å². The van der Waals surface area contributed by atoms with Gasteiger partial charge in [0, 0.05) is 5.56 Å². The number of hydrogen-bond acceptors (Lipinski definition) is 0. The lowest BCUT2D eigenvalue weighted by Gasteiger charge is -2.27. The first-order chi connectivity index (χ1) is 16.2. The van der Waals surface area contributed by atoms with Crippen molar-refractivity contribution in [2.45, 2.75) is 71.1 Å². The van der Waals surface area contributed by atoms with E-state index in [-0.39, 0.29) is 5.82 Å². The minimum absolute atomic E-state index is 0.155. The number of hydrogen-bond donors (Lipinski definition) is 0. The third-order valence-corrected chi connectivity index (χ3v) is 7.25. The lowest BCUT2D eigenvalue weighted by molar-refractivity contribution is 0.376. The van der Waals surface area contributed by atoms with E-state index in [9.17, 15) is 0 Å². The van der Waals surface area contributed by atoms with Gasteiger partial charge >= 0.3 is 0 Å². The van der Waals surface area contributed by atoms with Crippen LogP contribution in [-0.2, 0) is 6.42 Å². The highest BCUT2D eigenvalue weighted by atomic mass is 19.1. The number of halogens is 1. The molecule has 0 radical (unpaired) electrons. The van der Waals surface area contributed by atoms with E-state index in [0.717, 1.165) is 29.0 Å². The molecule has 33 heavy (non-hydrogen) atoms. The zero-order chi connectivity index (χ0) is 23.0. The number of benzene rings is 3. The van der Waals surface area contributed by atoms with Crippen LogP contribution in [0.25, 0.3) is 22.3 Å². The minimum atomic E-state index is -0.155. The van der Waals surface area contributed by atoms with Gasteiger partial charge in [-0.05, 0) is 91.2 Å². The van der Waals surface area contributed by atoms with E-state index >= 15 is 4.39 Å². The SMILES string of the molecule is C/C=C/C1CCC(c2ccc(-c3ccc(-c4ccc(CCCCC)cc4)c(F)c3)cc2)CC1. The molecule has 0 aromatic heterocycles. The third kappa shape index (κ3) is 6.02. The summed E-state index contributed by atoms with van der Waals surface area (Å²) in [5, 5.41) is 0. The second kappa shape index (κ2) is 11.5. The Kier molecular flexibility index (Phi) is 8.15. The van der Waals surface area contributed by atoms with E-state index in [1.54, 1.807) is 6.07 Å². The Morgan fingerprint density at radius 1 is 0.788 bits per heavy atom. The summed E-state index contributed by atoms with van der Waals surface area (Å²) in [7, 11) is 0. The van der Waals surface area contributed by atoms with Gasteiger partial charge in [0.1, 0.15) is 5.82 Å². The fourth-order valence-corrected chi connectivity index (χ4v) is 5.22.